The van der Waals surface area contributed by atoms with E-state index < -0.39 is 6.03 Å². The molecule has 8 heteroatoms. The molecule has 134 valence electrons. The number of anilines is 1. The molecule has 0 spiro atoms. The van der Waals surface area contributed by atoms with Crippen molar-refractivity contribution in [3.63, 3.8) is 0 Å². The van der Waals surface area contributed by atoms with Gasteiger partial charge in [-0.2, -0.15) is 10.4 Å². The van der Waals surface area contributed by atoms with E-state index in [1.165, 1.54) is 35.6 Å². The van der Waals surface area contributed by atoms with Crippen molar-refractivity contribution in [1.29, 1.82) is 5.26 Å². The lowest BCUT2D eigenvalue weighted by atomic mass is 9.96. The molecule has 3 rings (SSSR count). The van der Waals surface area contributed by atoms with Gasteiger partial charge in [-0.25, -0.2) is 10.2 Å². The van der Waals surface area contributed by atoms with Gasteiger partial charge in [0.15, 0.2) is 11.5 Å². The van der Waals surface area contributed by atoms with Crippen LogP contribution in [-0.2, 0) is 12.8 Å². The summed E-state index contributed by atoms with van der Waals surface area (Å²) in [7, 11) is 1.46. The normalized spacial score (nSPS) is 13.1. The number of amides is 2. The quantitative estimate of drug-likeness (QED) is 0.566. The van der Waals surface area contributed by atoms with Crippen LogP contribution in [-0.4, -0.2) is 24.5 Å². The van der Waals surface area contributed by atoms with Crippen LogP contribution in [0.15, 0.2) is 23.3 Å². The molecule has 0 radical (unpaired) electrons. The molecule has 0 saturated heterocycles. The number of thiophene rings is 1. The van der Waals surface area contributed by atoms with Crippen LogP contribution in [0.5, 0.6) is 11.5 Å². The predicted octanol–water partition coefficient (Wildman–Crippen LogP) is 3.37. The Morgan fingerprint density at radius 3 is 2.96 bits per heavy atom. The Hall–Kier alpha value is -3.05. The van der Waals surface area contributed by atoms with E-state index in [2.05, 4.69) is 21.9 Å². The summed E-state index contributed by atoms with van der Waals surface area (Å²) < 4.78 is 4.97. The third-order valence-corrected chi connectivity index (χ3v) is 5.30. The highest BCUT2D eigenvalue weighted by molar-refractivity contribution is 7.16. The van der Waals surface area contributed by atoms with E-state index in [0.29, 0.717) is 21.9 Å². The van der Waals surface area contributed by atoms with Crippen LogP contribution in [0.4, 0.5) is 9.80 Å². The van der Waals surface area contributed by atoms with Crippen molar-refractivity contribution in [2.75, 3.05) is 12.4 Å². The molecule has 0 unspecified atom stereocenters. The molecule has 1 heterocycles. The Bertz CT molecular complexity index is 899. The summed E-state index contributed by atoms with van der Waals surface area (Å²) >= 11 is 1.46. The highest BCUT2D eigenvalue weighted by Crippen LogP contribution is 2.37. The van der Waals surface area contributed by atoms with E-state index in [-0.39, 0.29) is 5.75 Å². The van der Waals surface area contributed by atoms with Gasteiger partial charge in [0.2, 0.25) is 0 Å². The predicted molar refractivity (Wildman–Crippen MR) is 100 cm³/mol. The summed E-state index contributed by atoms with van der Waals surface area (Å²) in [5.41, 5.74) is 4.59. The second kappa shape index (κ2) is 7.89. The van der Waals surface area contributed by atoms with Gasteiger partial charge >= 0.3 is 6.03 Å². The molecule has 0 aliphatic heterocycles. The molecule has 2 amide bonds. The second-order valence-electron chi connectivity index (χ2n) is 5.78. The lowest BCUT2D eigenvalue weighted by molar-refractivity contribution is 0.252. The van der Waals surface area contributed by atoms with Crippen molar-refractivity contribution in [3.05, 3.63) is 39.8 Å². The zero-order chi connectivity index (χ0) is 18.5. The maximum atomic E-state index is 12.0. The number of ether oxygens (including phenoxy) is 1. The van der Waals surface area contributed by atoms with Crippen LogP contribution in [0.2, 0.25) is 0 Å². The van der Waals surface area contributed by atoms with Crippen molar-refractivity contribution >= 4 is 28.6 Å². The number of nitrogens with one attached hydrogen (secondary N) is 2. The molecule has 26 heavy (non-hydrogen) atoms. The Kier molecular flexibility index (Phi) is 5.39. The van der Waals surface area contributed by atoms with E-state index in [0.717, 1.165) is 31.2 Å². The van der Waals surface area contributed by atoms with Gasteiger partial charge in [0.1, 0.15) is 11.1 Å². The minimum Gasteiger partial charge on any atom is -0.504 e. The molecule has 2 aromatic rings. The highest BCUT2D eigenvalue weighted by atomic mass is 32.1. The molecule has 1 aromatic carbocycles. The number of benzene rings is 1. The second-order valence-corrected chi connectivity index (χ2v) is 6.89. The van der Waals surface area contributed by atoms with Crippen LogP contribution in [0.1, 0.15) is 34.4 Å². The van der Waals surface area contributed by atoms with E-state index in [4.69, 9.17) is 4.74 Å². The number of fused-ring (bicyclic) bond motifs is 1. The summed E-state index contributed by atoms with van der Waals surface area (Å²) in [6, 6.07) is 6.45. The fourth-order valence-electron chi connectivity index (χ4n) is 2.86. The van der Waals surface area contributed by atoms with Gasteiger partial charge in [-0.3, -0.25) is 5.32 Å². The number of carbonyl (C=O) groups is 1. The molecule has 1 aliphatic carbocycles. The largest absolute Gasteiger partial charge is 0.504 e. The average molecular weight is 370 g/mol. The molecule has 0 atom stereocenters. The van der Waals surface area contributed by atoms with E-state index in [9.17, 15) is 15.2 Å². The summed E-state index contributed by atoms with van der Waals surface area (Å²) in [6.45, 7) is 0. The lowest BCUT2D eigenvalue weighted by Gasteiger charge is -2.09. The Morgan fingerprint density at radius 2 is 2.23 bits per heavy atom. The van der Waals surface area contributed by atoms with E-state index >= 15 is 0 Å². The first-order valence-corrected chi connectivity index (χ1v) is 8.95. The van der Waals surface area contributed by atoms with Gasteiger partial charge < -0.3 is 9.84 Å². The lowest BCUT2D eigenvalue weighted by Crippen LogP contribution is -2.24. The number of rotatable bonds is 4. The number of nitriles is 1. The van der Waals surface area contributed by atoms with Crippen molar-refractivity contribution in [2.45, 2.75) is 25.7 Å². The Balaban J connectivity index is 1.64. The number of urea groups is 1. The third kappa shape index (κ3) is 3.78. The van der Waals surface area contributed by atoms with Crippen molar-refractivity contribution in [1.82, 2.24) is 5.43 Å². The molecule has 0 saturated carbocycles. The van der Waals surface area contributed by atoms with Gasteiger partial charge in [0.25, 0.3) is 0 Å². The summed E-state index contributed by atoms with van der Waals surface area (Å²) in [5, 5.41) is 26.2. The van der Waals surface area contributed by atoms with Gasteiger partial charge in [-0.05, 0) is 55.0 Å². The Morgan fingerprint density at radius 1 is 1.42 bits per heavy atom. The first kappa shape index (κ1) is 17.8. The standard InChI is InChI=1S/C18H18N4O3S/c1-25-15-7-6-11(8-14(15)23)10-20-22-18(24)21-17-13(9-19)12-4-2-3-5-16(12)26-17/h6-8,10,23H,2-5H2,1H3,(H2,21,22,24)/b20-10+. The Labute approximate surface area is 154 Å². The van der Waals surface area contributed by atoms with Crippen LogP contribution < -0.4 is 15.5 Å². The average Bonchev–Trinajstić information content (AvgIpc) is 2.98. The zero-order valence-electron chi connectivity index (χ0n) is 14.2. The van der Waals surface area contributed by atoms with Crippen molar-refractivity contribution in [2.24, 2.45) is 5.10 Å². The molecule has 3 N–H and O–H groups in total. The molecule has 1 aromatic heterocycles. The molecule has 0 bridgehead atoms. The first-order valence-electron chi connectivity index (χ1n) is 8.14. The maximum Gasteiger partial charge on any atom is 0.340 e. The van der Waals surface area contributed by atoms with Crippen LogP contribution >= 0.6 is 11.3 Å². The van der Waals surface area contributed by atoms with Crippen LogP contribution in [0, 0.1) is 11.3 Å². The molecule has 7 nitrogen and oxygen atoms in total. The number of methoxy groups -OCH3 is 1. The summed E-state index contributed by atoms with van der Waals surface area (Å²) in [6.07, 6.45) is 5.43. The number of hydrogen-bond acceptors (Lipinski definition) is 6. The topological polar surface area (TPSA) is 107 Å². The number of carbonyl (C=O) groups excluding carboxylic acids is 1. The maximum absolute atomic E-state index is 12.0. The number of phenols is 1. The van der Waals surface area contributed by atoms with Crippen molar-refractivity contribution < 1.29 is 14.6 Å². The smallest absolute Gasteiger partial charge is 0.340 e. The number of phenolic OH excluding ortho intramolecular Hbond substituents is 1. The number of aromatic hydroxyl groups is 1. The monoisotopic (exact) mass is 370 g/mol. The number of nitrogens with zero attached hydrogens (tertiary/aromatic N) is 2. The zero-order valence-corrected chi connectivity index (χ0v) is 15.0. The fraction of sp³-hybridized carbons (Fsp3) is 0.278. The van der Waals surface area contributed by atoms with E-state index in [1.54, 1.807) is 12.1 Å². The van der Waals surface area contributed by atoms with Gasteiger partial charge in [0, 0.05) is 4.88 Å². The third-order valence-electron chi connectivity index (χ3n) is 4.09. The van der Waals surface area contributed by atoms with Crippen LogP contribution in [0.3, 0.4) is 0 Å². The van der Waals surface area contributed by atoms with Gasteiger partial charge in [-0.1, -0.05) is 0 Å². The highest BCUT2D eigenvalue weighted by Gasteiger charge is 2.21. The van der Waals surface area contributed by atoms with E-state index in [1.807, 2.05) is 0 Å². The minimum absolute atomic E-state index is 0.0104. The molecule has 1 aliphatic rings. The molecule has 0 fully saturated rings. The number of aryl methyl sites for hydroxylation is 1. The van der Waals surface area contributed by atoms with Gasteiger partial charge in [-0.15, -0.1) is 11.3 Å². The summed E-state index contributed by atoms with van der Waals surface area (Å²) in [5.74, 6) is 0.349. The summed E-state index contributed by atoms with van der Waals surface area (Å²) in [4.78, 5) is 13.2. The van der Waals surface area contributed by atoms with Crippen LogP contribution in [0.25, 0.3) is 0 Å². The molecular formula is C18H18N4O3S. The van der Waals surface area contributed by atoms with Gasteiger partial charge in [0.05, 0.1) is 18.9 Å². The van der Waals surface area contributed by atoms with Crippen molar-refractivity contribution in [3.8, 4) is 17.6 Å². The number of hydrazone groups is 1. The first-order chi connectivity index (χ1) is 12.6. The minimum atomic E-state index is -0.519. The SMILES string of the molecule is COc1ccc(/C=N/NC(=O)Nc2sc3c(c2C#N)CCCC3)cc1O. The number of hydrogen-bond donors (Lipinski definition) is 3. The fourth-order valence-corrected chi connectivity index (χ4v) is 4.09. The molecular weight excluding hydrogens is 352 g/mol.